The van der Waals surface area contributed by atoms with Gasteiger partial charge in [-0.2, -0.15) is 0 Å². The van der Waals surface area contributed by atoms with Crippen LogP contribution in [0.3, 0.4) is 0 Å². The number of benzene rings is 2. The number of carbonyl (C=O) groups excluding carboxylic acids is 2. The van der Waals surface area contributed by atoms with E-state index in [9.17, 15) is 9.59 Å². The van der Waals surface area contributed by atoms with Crippen molar-refractivity contribution in [2.75, 3.05) is 24.9 Å². The summed E-state index contributed by atoms with van der Waals surface area (Å²) < 4.78 is 12.4. The van der Waals surface area contributed by atoms with Crippen LogP contribution in [0.4, 0.5) is 10.8 Å². The van der Waals surface area contributed by atoms with Crippen molar-refractivity contribution in [1.82, 2.24) is 14.5 Å². The Morgan fingerprint density at radius 1 is 1.06 bits per heavy atom. The van der Waals surface area contributed by atoms with E-state index in [0.717, 1.165) is 5.56 Å². The fourth-order valence-corrected chi connectivity index (χ4v) is 3.95. The van der Waals surface area contributed by atoms with Gasteiger partial charge in [0.05, 0.1) is 26.2 Å². The number of hydrogen-bond acceptors (Lipinski definition) is 7. The van der Waals surface area contributed by atoms with E-state index in [1.54, 1.807) is 63.3 Å². The number of carbonyl (C=O) groups is 2. The first-order valence-electron chi connectivity index (χ1n) is 10.4. The third kappa shape index (κ3) is 5.59. The Labute approximate surface area is 200 Å². The monoisotopic (exact) mass is 477 g/mol. The lowest BCUT2D eigenvalue weighted by atomic mass is 10.1. The van der Waals surface area contributed by atoms with Gasteiger partial charge >= 0.3 is 0 Å². The Balaban J connectivity index is 1.39. The lowest BCUT2D eigenvalue weighted by molar-refractivity contribution is -0.116. The number of hydrogen-bond donors (Lipinski definition) is 2. The molecule has 0 saturated heterocycles. The van der Waals surface area contributed by atoms with Crippen molar-refractivity contribution < 1.29 is 19.1 Å². The van der Waals surface area contributed by atoms with Gasteiger partial charge in [0.1, 0.15) is 0 Å². The van der Waals surface area contributed by atoms with E-state index in [1.165, 1.54) is 11.3 Å². The fourth-order valence-electron chi connectivity index (χ4n) is 3.24. The minimum Gasteiger partial charge on any atom is -0.493 e. The molecule has 0 saturated carbocycles. The van der Waals surface area contributed by atoms with Gasteiger partial charge in [-0.3, -0.25) is 14.9 Å². The highest BCUT2D eigenvalue weighted by molar-refractivity contribution is 7.14. The third-order valence-electron chi connectivity index (χ3n) is 4.97. The normalized spacial score (nSPS) is 10.5. The summed E-state index contributed by atoms with van der Waals surface area (Å²) in [6.45, 7) is 0.526. The van der Waals surface area contributed by atoms with Gasteiger partial charge in [0, 0.05) is 47.6 Å². The number of nitrogens with zero attached hydrogens (tertiary/aromatic N) is 3. The van der Waals surface area contributed by atoms with Gasteiger partial charge in [0.25, 0.3) is 5.91 Å². The number of aryl methyl sites for hydroxylation is 1. The molecule has 0 spiro atoms. The molecule has 2 aromatic heterocycles. The van der Waals surface area contributed by atoms with Crippen LogP contribution in [0.15, 0.2) is 66.6 Å². The summed E-state index contributed by atoms with van der Waals surface area (Å²) in [6, 6.07) is 12.3. The first-order valence-corrected chi connectivity index (χ1v) is 11.3. The van der Waals surface area contributed by atoms with Crippen LogP contribution in [0.1, 0.15) is 16.8 Å². The number of aromatic nitrogens is 3. The maximum atomic E-state index is 12.8. The van der Waals surface area contributed by atoms with Gasteiger partial charge in [-0.05, 0) is 36.4 Å². The van der Waals surface area contributed by atoms with Crippen LogP contribution < -0.4 is 20.1 Å². The van der Waals surface area contributed by atoms with Crippen LogP contribution >= 0.6 is 11.3 Å². The lowest BCUT2D eigenvalue weighted by Crippen LogP contribution is -2.15. The molecule has 2 heterocycles. The first-order chi connectivity index (χ1) is 16.6. The molecular weight excluding hydrogens is 454 g/mol. The van der Waals surface area contributed by atoms with E-state index in [-0.39, 0.29) is 11.8 Å². The van der Waals surface area contributed by atoms with Crippen LogP contribution in [0.2, 0.25) is 0 Å². The second-order valence-corrected chi connectivity index (χ2v) is 8.10. The molecule has 2 aromatic carbocycles. The predicted molar refractivity (Wildman–Crippen MR) is 131 cm³/mol. The van der Waals surface area contributed by atoms with Crippen molar-refractivity contribution in [2.45, 2.75) is 13.0 Å². The van der Waals surface area contributed by atoms with Gasteiger partial charge in [-0.15, -0.1) is 11.3 Å². The Bertz CT molecular complexity index is 1290. The molecule has 9 nitrogen and oxygen atoms in total. The SMILES string of the molecule is COc1ccc(-c2csc(NC(=O)c3cccc(NC(=O)CCn4ccnc4)c3)n2)cc1OC. The topological polar surface area (TPSA) is 107 Å². The molecule has 10 heteroatoms. The summed E-state index contributed by atoms with van der Waals surface area (Å²) >= 11 is 1.32. The zero-order valence-electron chi connectivity index (χ0n) is 18.6. The molecule has 4 aromatic rings. The summed E-state index contributed by atoms with van der Waals surface area (Å²) in [5.74, 6) is 0.764. The molecular formula is C24H23N5O4S. The van der Waals surface area contributed by atoms with E-state index in [4.69, 9.17) is 9.47 Å². The number of methoxy groups -OCH3 is 2. The molecule has 0 aliphatic carbocycles. The van der Waals surface area contributed by atoms with E-state index < -0.39 is 0 Å². The molecule has 34 heavy (non-hydrogen) atoms. The van der Waals surface area contributed by atoms with Crippen molar-refractivity contribution in [1.29, 1.82) is 0 Å². The Hall–Kier alpha value is -4.18. The summed E-state index contributed by atoms with van der Waals surface area (Å²) in [5.41, 5.74) is 2.51. The number of ether oxygens (including phenoxy) is 2. The van der Waals surface area contributed by atoms with Gasteiger partial charge in [-0.25, -0.2) is 9.97 Å². The van der Waals surface area contributed by atoms with E-state index in [1.807, 2.05) is 22.1 Å². The second-order valence-electron chi connectivity index (χ2n) is 7.24. The number of amides is 2. The Morgan fingerprint density at radius 2 is 1.91 bits per heavy atom. The maximum Gasteiger partial charge on any atom is 0.257 e. The highest BCUT2D eigenvalue weighted by atomic mass is 32.1. The van der Waals surface area contributed by atoms with Crippen molar-refractivity contribution in [3.05, 3.63) is 72.1 Å². The molecule has 0 aliphatic heterocycles. The second kappa shape index (κ2) is 10.6. The van der Waals surface area contributed by atoms with Crippen molar-refractivity contribution in [2.24, 2.45) is 0 Å². The predicted octanol–water partition coefficient (Wildman–Crippen LogP) is 4.30. The zero-order valence-corrected chi connectivity index (χ0v) is 19.5. The number of thiazole rings is 1. The van der Waals surface area contributed by atoms with Gasteiger partial charge < -0.3 is 19.4 Å². The van der Waals surface area contributed by atoms with Crippen molar-refractivity contribution in [3.8, 4) is 22.8 Å². The standard InChI is InChI=1S/C24H23N5O4S/c1-32-20-7-6-16(13-21(20)33-2)19-14-34-24(27-19)28-23(31)17-4-3-5-18(12-17)26-22(30)8-10-29-11-9-25-15-29/h3-7,9,11-15H,8,10H2,1-2H3,(H,26,30)(H,27,28,31). The number of nitrogens with one attached hydrogen (secondary N) is 2. The Kier molecular flexibility index (Phi) is 7.19. The first kappa shape index (κ1) is 23.0. The van der Waals surface area contributed by atoms with E-state index >= 15 is 0 Å². The fraction of sp³-hybridized carbons (Fsp3) is 0.167. The van der Waals surface area contributed by atoms with Crippen LogP contribution in [-0.4, -0.2) is 40.6 Å². The van der Waals surface area contributed by atoms with Crippen LogP contribution in [-0.2, 0) is 11.3 Å². The molecule has 0 atom stereocenters. The summed E-state index contributed by atoms with van der Waals surface area (Å²) in [4.78, 5) is 33.5. The van der Waals surface area contributed by atoms with Crippen molar-refractivity contribution in [3.63, 3.8) is 0 Å². The molecule has 0 aliphatic rings. The minimum absolute atomic E-state index is 0.147. The summed E-state index contributed by atoms with van der Waals surface area (Å²) in [7, 11) is 3.15. The summed E-state index contributed by atoms with van der Waals surface area (Å²) in [6.07, 6.45) is 5.42. The average Bonchev–Trinajstić information content (AvgIpc) is 3.55. The molecule has 0 bridgehead atoms. The quantitative estimate of drug-likeness (QED) is 0.372. The number of rotatable bonds is 9. The number of anilines is 2. The van der Waals surface area contributed by atoms with Crippen molar-refractivity contribution >= 4 is 34.0 Å². The highest BCUT2D eigenvalue weighted by Gasteiger charge is 2.13. The zero-order chi connectivity index (χ0) is 23.9. The smallest absolute Gasteiger partial charge is 0.257 e. The van der Waals surface area contributed by atoms with E-state index in [2.05, 4.69) is 20.6 Å². The Morgan fingerprint density at radius 3 is 2.68 bits per heavy atom. The number of imidazole rings is 1. The highest BCUT2D eigenvalue weighted by Crippen LogP contribution is 2.33. The molecule has 174 valence electrons. The maximum absolute atomic E-state index is 12.8. The molecule has 0 fully saturated rings. The van der Waals surface area contributed by atoms with Gasteiger partial charge in [-0.1, -0.05) is 6.07 Å². The molecule has 0 radical (unpaired) electrons. The molecule has 2 amide bonds. The van der Waals surface area contributed by atoms with Crippen LogP contribution in [0, 0.1) is 0 Å². The largest absolute Gasteiger partial charge is 0.493 e. The van der Waals surface area contributed by atoms with Crippen LogP contribution in [0.25, 0.3) is 11.3 Å². The molecule has 2 N–H and O–H groups in total. The van der Waals surface area contributed by atoms with Crippen LogP contribution in [0.5, 0.6) is 11.5 Å². The van der Waals surface area contributed by atoms with Gasteiger partial charge in [0.2, 0.25) is 5.91 Å². The summed E-state index contributed by atoms with van der Waals surface area (Å²) in [5, 5.41) is 7.95. The minimum atomic E-state index is -0.317. The third-order valence-corrected chi connectivity index (χ3v) is 5.73. The lowest BCUT2D eigenvalue weighted by Gasteiger charge is -2.08. The molecule has 4 rings (SSSR count). The van der Waals surface area contributed by atoms with Gasteiger partial charge in [0.15, 0.2) is 16.6 Å². The average molecular weight is 478 g/mol. The molecule has 0 unspecified atom stereocenters. The van der Waals surface area contributed by atoms with E-state index in [0.29, 0.717) is 46.5 Å².